The van der Waals surface area contributed by atoms with Gasteiger partial charge in [0.25, 0.3) is 0 Å². The average molecular weight is 484 g/mol. The van der Waals surface area contributed by atoms with Crippen LogP contribution in [0.25, 0.3) is 0 Å². The van der Waals surface area contributed by atoms with Crippen molar-refractivity contribution in [1.82, 2.24) is 4.90 Å². The number of anilines is 1. The summed E-state index contributed by atoms with van der Waals surface area (Å²) in [5.41, 5.74) is -1.53. The zero-order valence-corrected chi connectivity index (χ0v) is 17.9. The normalized spacial score (nSPS) is 16.6. The van der Waals surface area contributed by atoms with Crippen LogP contribution >= 0.6 is 47.0 Å². The summed E-state index contributed by atoms with van der Waals surface area (Å²) in [4.78, 5) is 1.83. The molecule has 0 amide bonds. The molecule has 0 aromatic heterocycles. The predicted molar refractivity (Wildman–Crippen MR) is 114 cm³/mol. The van der Waals surface area contributed by atoms with Crippen LogP contribution in [0.5, 0.6) is 0 Å². The first-order valence-electron chi connectivity index (χ1n) is 8.59. The molecule has 3 nitrogen and oxygen atoms in total. The van der Waals surface area contributed by atoms with E-state index >= 15 is 0 Å². The average Bonchev–Trinajstić information content (AvgIpc) is 2.60. The Morgan fingerprint density at radius 3 is 2.17 bits per heavy atom. The number of alkyl halides is 3. The molecule has 10 heteroatoms. The Balaban J connectivity index is 1.70. The monoisotopic (exact) mass is 482 g/mol. The molecule has 1 aliphatic heterocycles. The first kappa shape index (κ1) is 22.4. The molecule has 156 valence electrons. The fraction of sp³-hybridized carbons (Fsp3) is 0.316. The largest absolute Gasteiger partial charge is 0.417 e. The molecule has 1 saturated heterocycles. The number of halogens is 6. The van der Waals surface area contributed by atoms with Gasteiger partial charge in [-0.25, -0.2) is 0 Å². The molecule has 0 aliphatic carbocycles. The van der Waals surface area contributed by atoms with Crippen LogP contribution in [0.3, 0.4) is 0 Å². The van der Waals surface area contributed by atoms with Gasteiger partial charge in [0.2, 0.25) is 0 Å². The van der Waals surface area contributed by atoms with E-state index in [0.717, 1.165) is 6.07 Å². The minimum absolute atomic E-state index is 0.189. The standard InChI is InChI=1S/C19H16Cl3F3N2OS/c20-12-8-13(21)10-14(9-12)26-17(29)27-5-3-18(28,4-6-27)11-1-2-16(22)15(7-11)19(23,24)25/h1-2,7-10,28H,3-6H2,(H,26,29). The quantitative estimate of drug-likeness (QED) is 0.488. The number of thiocarbonyl (C=S) groups is 1. The lowest BCUT2D eigenvalue weighted by Gasteiger charge is -2.40. The van der Waals surface area contributed by atoms with Crippen molar-refractivity contribution in [2.45, 2.75) is 24.6 Å². The van der Waals surface area contributed by atoms with E-state index in [9.17, 15) is 18.3 Å². The molecule has 0 spiro atoms. The van der Waals surface area contributed by atoms with E-state index in [1.54, 1.807) is 18.2 Å². The van der Waals surface area contributed by atoms with Crippen molar-refractivity contribution in [1.29, 1.82) is 0 Å². The second-order valence-electron chi connectivity index (χ2n) is 6.80. The highest BCUT2D eigenvalue weighted by atomic mass is 35.5. The molecular formula is C19H16Cl3F3N2OS. The van der Waals surface area contributed by atoms with Gasteiger partial charge in [-0.2, -0.15) is 13.2 Å². The lowest BCUT2D eigenvalue weighted by molar-refractivity contribution is -0.137. The smallest absolute Gasteiger partial charge is 0.385 e. The van der Waals surface area contributed by atoms with Crippen molar-refractivity contribution in [2.24, 2.45) is 0 Å². The summed E-state index contributed by atoms with van der Waals surface area (Å²) in [6.07, 6.45) is -4.16. The molecule has 1 heterocycles. The third-order valence-corrected chi connectivity index (χ3v) is 5.93. The van der Waals surface area contributed by atoms with Crippen LogP contribution in [-0.4, -0.2) is 28.2 Å². The molecule has 0 atom stereocenters. The maximum Gasteiger partial charge on any atom is 0.417 e. The summed E-state index contributed by atoms with van der Waals surface area (Å²) in [6, 6.07) is 8.46. The van der Waals surface area contributed by atoms with E-state index in [1.165, 1.54) is 12.1 Å². The van der Waals surface area contributed by atoms with Gasteiger partial charge in [-0.3, -0.25) is 0 Å². The summed E-state index contributed by atoms with van der Waals surface area (Å²) in [5, 5.41) is 14.9. The number of piperidine rings is 1. The summed E-state index contributed by atoms with van der Waals surface area (Å²) in [7, 11) is 0. The highest BCUT2D eigenvalue weighted by molar-refractivity contribution is 7.80. The number of nitrogens with one attached hydrogen (secondary N) is 1. The Hall–Kier alpha value is -1.25. The number of hydrogen-bond donors (Lipinski definition) is 2. The maximum atomic E-state index is 13.1. The van der Waals surface area contributed by atoms with Crippen LogP contribution in [-0.2, 0) is 11.8 Å². The molecule has 29 heavy (non-hydrogen) atoms. The molecule has 1 fully saturated rings. The van der Waals surface area contributed by atoms with Gasteiger partial charge in [0.05, 0.1) is 16.2 Å². The first-order valence-corrected chi connectivity index (χ1v) is 10.1. The number of rotatable bonds is 2. The number of likely N-dealkylation sites (tertiary alicyclic amines) is 1. The van der Waals surface area contributed by atoms with Gasteiger partial charge >= 0.3 is 6.18 Å². The zero-order valence-electron chi connectivity index (χ0n) is 14.9. The van der Waals surface area contributed by atoms with Crippen LogP contribution in [0.4, 0.5) is 18.9 Å². The van der Waals surface area contributed by atoms with Crippen LogP contribution in [0.2, 0.25) is 15.1 Å². The third kappa shape index (κ3) is 5.27. The van der Waals surface area contributed by atoms with E-state index in [0.29, 0.717) is 33.9 Å². The molecule has 1 aliphatic rings. The Bertz CT molecular complexity index is 911. The van der Waals surface area contributed by atoms with Crippen molar-refractivity contribution in [3.8, 4) is 0 Å². The number of nitrogens with zero attached hydrogens (tertiary/aromatic N) is 1. The van der Waals surface area contributed by atoms with Gasteiger partial charge < -0.3 is 15.3 Å². The Labute approximate surface area is 186 Å². The van der Waals surface area contributed by atoms with Crippen LogP contribution < -0.4 is 5.32 Å². The fourth-order valence-electron chi connectivity index (χ4n) is 3.23. The van der Waals surface area contributed by atoms with Crippen molar-refractivity contribution >= 4 is 57.8 Å². The summed E-state index contributed by atoms with van der Waals surface area (Å²) >= 11 is 23.0. The predicted octanol–water partition coefficient (Wildman–Crippen LogP) is 6.35. The fourth-order valence-corrected chi connectivity index (χ4v) is 4.28. The maximum absolute atomic E-state index is 13.1. The molecule has 2 N–H and O–H groups in total. The molecule has 0 saturated carbocycles. The molecule has 0 unspecified atom stereocenters. The Kier molecular flexibility index (Phi) is 6.56. The zero-order chi connectivity index (χ0) is 21.4. The Morgan fingerprint density at radius 1 is 1.03 bits per heavy atom. The SMILES string of the molecule is OC1(c2ccc(Cl)c(C(F)(F)F)c2)CCN(C(=S)Nc2cc(Cl)cc(Cl)c2)CC1. The number of hydrogen-bond acceptors (Lipinski definition) is 2. The van der Waals surface area contributed by atoms with Crippen molar-refractivity contribution in [2.75, 3.05) is 18.4 Å². The number of benzene rings is 2. The molecule has 3 rings (SSSR count). The van der Waals surface area contributed by atoms with Crippen LogP contribution in [0.15, 0.2) is 36.4 Å². The van der Waals surface area contributed by atoms with Gasteiger partial charge in [-0.15, -0.1) is 0 Å². The van der Waals surface area contributed by atoms with Crippen LogP contribution in [0, 0.1) is 0 Å². The van der Waals surface area contributed by atoms with Gasteiger partial charge in [0, 0.05) is 28.8 Å². The van der Waals surface area contributed by atoms with E-state index in [-0.39, 0.29) is 18.4 Å². The second kappa shape index (κ2) is 8.47. The molecule has 2 aromatic rings. The summed E-state index contributed by atoms with van der Waals surface area (Å²) in [5.74, 6) is 0. The van der Waals surface area contributed by atoms with Crippen molar-refractivity contribution in [3.05, 3.63) is 62.6 Å². The second-order valence-corrected chi connectivity index (χ2v) is 8.47. The molecule has 0 bridgehead atoms. The minimum atomic E-state index is -4.59. The number of aliphatic hydroxyl groups is 1. The Morgan fingerprint density at radius 2 is 1.62 bits per heavy atom. The topological polar surface area (TPSA) is 35.5 Å². The van der Waals surface area contributed by atoms with Crippen LogP contribution in [0.1, 0.15) is 24.0 Å². The van der Waals surface area contributed by atoms with Gasteiger partial charge in [0.1, 0.15) is 0 Å². The lowest BCUT2D eigenvalue weighted by Crippen LogP contribution is -2.46. The van der Waals surface area contributed by atoms with E-state index in [1.807, 2.05) is 4.90 Å². The van der Waals surface area contributed by atoms with Gasteiger partial charge in [-0.05, 0) is 61.0 Å². The van der Waals surface area contributed by atoms with Gasteiger partial charge in [-0.1, -0.05) is 40.9 Å². The highest BCUT2D eigenvalue weighted by Gasteiger charge is 2.38. The lowest BCUT2D eigenvalue weighted by atomic mass is 9.84. The van der Waals surface area contributed by atoms with Crippen molar-refractivity contribution in [3.63, 3.8) is 0 Å². The van der Waals surface area contributed by atoms with E-state index in [4.69, 9.17) is 47.0 Å². The highest BCUT2D eigenvalue weighted by Crippen LogP contribution is 2.40. The molecule has 2 aromatic carbocycles. The van der Waals surface area contributed by atoms with Crippen molar-refractivity contribution < 1.29 is 18.3 Å². The molecule has 0 radical (unpaired) electrons. The third-order valence-electron chi connectivity index (χ3n) is 4.80. The minimum Gasteiger partial charge on any atom is -0.385 e. The van der Waals surface area contributed by atoms with E-state index in [2.05, 4.69) is 5.32 Å². The summed E-state index contributed by atoms with van der Waals surface area (Å²) < 4.78 is 39.4. The van der Waals surface area contributed by atoms with Gasteiger partial charge in [0.15, 0.2) is 5.11 Å². The first-order chi connectivity index (χ1) is 13.5. The molecular weight excluding hydrogens is 468 g/mol. The van der Waals surface area contributed by atoms with E-state index < -0.39 is 22.4 Å². The summed E-state index contributed by atoms with van der Waals surface area (Å²) in [6.45, 7) is 0.723.